The fraction of sp³-hybridized carbons (Fsp3) is 0.727. The number of hydrogen-bond donors (Lipinski definition) is 1. The van der Waals surface area contributed by atoms with Crippen LogP contribution in [-0.4, -0.2) is 57.2 Å². The zero-order chi connectivity index (χ0) is 13.7. The molecule has 0 radical (unpaired) electrons. The molecular formula is C11H17N3O3S. The van der Waals surface area contributed by atoms with Gasteiger partial charge in [-0.2, -0.15) is 5.26 Å². The van der Waals surface area contributed by atoms with Gasteiger partial charge in [-0.25, -0.2) is 9.59 Å². The average Bonchev–Trinajstić information content (AvgIpc) is 2.77. The summed E-state index contributed by atoms with van der Waals surface area (Å²) in [5, 5.41) is 17.6. The first-order valence-corrected chi connectivity index (χ1v) is 6.89. The molecule has 0 bridgehead atoms. The predicted octanol–water partition coefficient (Wildman–Crippen LogP) is 1.19. The Morgan fingerprint density at radius 3 is 2.78 bits per heavy atom. The number of aliphatic carboxylic acids is 1. The van der Waals surface area contributed by atoms with Crippen LogP contribution >= 0.6 is 11.8 Å². The Hall–Kier alpha value is -1.42. The quantitative estimate of drug-likeness (QED) is 0.830. The maximum atomic E-state index is 12.3. The van der Waals surface area contributed by atoms with Gasteiger partial charge in [-0.15, -0.1) is 11.8 Å². The van der Waals surface area contributed by atoms with Crippen molar-refractivity contribution in [2.24, 2.45) is 0 Å². The fourth-order valence-electron chi connectivity index (χ4n) is 1.75. The topological polar surface area (TPSA) is 84.6 Å². The normalized spacial score (nSPS) is 18.8. The van der Waals surface area contributed by atoms with Crippen molar-refractivity contribution >= 4 is 23.8 Å². The molecule has 1 N–H and O–H groups in total. The summed E-state index contributed by atoms with van der Waals surface area (Å²) in [7, 11) is 0. The van der Waals surface area contributed by atoms with E-state index in [0.717, 1.165) is 0 Å². The fourth-order valence-corrected chi connectivity index (χ4v) is 2.88. The Labute approximate surface area is 111 Å². The molecule has 1 atom stereocenters. The first-order chi connectivity index (χ1) is 8.49. The predicted molar refractivity (Wildman–Crippen MR) is 68.1 cm³/mol. The Morgan fingerprint density at radius 1 is 1.61 bits per heavy atom. The van der Waals surface area contributed by atoms with E-state index in [2.05, 4.69) is 0 Å². The molecule has 1 aliphatic rings. The van der Waals surface area contributed by atoms with E-state index < -0.39 is 12.0 Å². The second kappa shape index (κ2) is 6.50. The van der Waals surface area contributed by atoms with Gasteiger partial charge in [-0.3, -0.25) is 0 Å². The van der Waals surface area contributed by atoms with Gasteiger partial charge in [-0.1, -0.05) is 0 Å². The summed E-state index contributed by atoms with van der Waals surface area (Å²) >= 11 is 1.43. The number of amides is 2. The number of carbonyl (C=O) groups is 2. The van der Waals surface area contributed by atoms with E-state index in [1.165, 1.54) is 16.7 Å². The molecule has 1 rings (SSSR count). The Balaban J connectivity index is 2.76. The summed E-state index contributed by atoms with van der Waals surface area (Å²) in [5.41, 5.74) is 0. The zero-order valence-corrected chi connectivity index (χ0v) is 11.3. The lowest BCUT2D eigenvalue weighted by atomic mass is 10.2. The van der Waals surface area contributed by atoms with Gasteiger partial charge in [0.05, 0.1) is 18.4 Å². The number of carboxylic acid groups (broad SMARTS) is 1. The lowest BCUT2D eigenvalue weighted by molar-refractivity contribution is -0.141. The van der Waals surface area contributed by atoms with Crippen LogP contribution in [-0.2, 0) is 4.79 Å². The van der Waals surface area contributed by atoms with E-state index in [4.69, 9.17) is 10.4 Å². The third-order valence-electron chi connectivity index (χ3n) is 2.75. The van der Waals surface area contributed by atoms with Crippen molar-refractivity contribution in [3.05, 3.63) is 0 Å². The monoisotopic (exact) mass is 271 g/mol. The van der Waals surface area contributed by atoms with Gasteiger partial charge in [-0.05, 0) is 13.8 Å². The molecule has 7 heteroatoms. The van der Waals surface area contributed by atoms with Crippen LogP contribution in [0, 0.1) is 11.3 Å². The van der Waals surface area contributed by atoms with Gasteiger partial charge >= 0.3 is 12.0 Å². The van der Waals surface area contributed by atoms with Crippen LogP contribution in [0.25, 0.3) is 0 Å². The molecular weight excluding hydrogens is 254 g/mol. The summed E-state index contributed by atoms with van der Waals surface area (Å²) < 4.78 is 0. The van der Waals surface area contributed by atoms with Crippen LogP contribution in [0.5, 0.6) is 0 Å². The molecule has 0 aromatic rings. The van der Waals surface area contributed by atoms with Crippen molar-refractivity contribution in [1.82, 2.24) is 9.80 Å². The molecule has 0 aromatic heterocycles. The molecule has 18 heavy (non-hydrogen) atoms. The Bertz CT molecular complexity index is 367. The molecule has 0 spiro atoms. The van der Waals surface area contributed by atoms with Gasteiger partial charge in [0.2, 0.25) is 0 Å². The van der Waals surface area contributed by atoms with Crippen molar-refractivity contribution in [2.75, 3.05) is 18.2 Å². The minimum absolute atomic E-state index is 0.0501. The molecule has 2 amide bonds. The molecule has 6 nitrogen and oxygen atoms in total. The van der Waals surface area contributed by atoms with Crippen LogP contribution < -0.4 is 0 Å². The van der Waals surface area contributed by atoms with Gasteiger partial charge in [0, 0.05) is 18.3 Å². The van der Waals surface area contributed by atoms with E-state index in [-0.39, 0.29) is 18.5 Å². The maximum absolute atomic E-state index is 12.3. The lowest BCUT2D eigenvalue weighted by Crippen LogP contribution is -2.51. The standard InChI is InChI=1S/C11H17N3O3S/c1-8(2)13(5-3-4-12)11(17)14-7-18-6-9(14)10(15)16/h8-9H,3,5-7H2,1-2H3,(H,15,16). The number of carboxylic acids is 1. The highest BCUT2D eigenvalue weighted by Crippen LogP contribution is 2.23. The molecule has 0 saturated carbocycles. The van der Waals surface area contributed by atoms with E-state index in [9.17, 15) is 9.59 Å². The first-order valence-electron chi connectivity index (χ1n) is 5.73. The van der Waals surface area contributed by atoms with Crippen LogP contribution in [0.2, 0.25) is 0 Å². The molecule has 0 aromatic carbocycles. The number of hydrogen-bond acceptors (Lipinski definition) is 4. The largest absolute Gasteiger partial charge is 0.480 e. The molecule has 100 valence electrons. The number of nitrogens with zero attached hydrogens (tertiary/aromatic N) is 3. The molecule has 0 aliphatic carbocycles. The number of rotatable bonds is 4. The third-order valence-corrected chi connectivity index (χ3v) is 3.76. The molecule has 1 heterocycles. The smallest absolute Gasteiger partial charge is 0.327 e. The van der Waals surface area contributed by atoms with Crippen molar-refractivity contribution in [1.29, 1.82) is 5.26 Å². The van der Waals surface area contributed by atoms with Crippen LogP contribution in [0.15, 0.2) is 0 Å². The zero-order valence-electron chi connectivity index (χ0n) is 10.5. The van der Waals surface area contributed by atoms with Gasteiger partial charge in [0.25, 0.3) is 0 Å². The lowest BCUT2D eigenvalue weighted by Gasteiger charge is -2.32. The van der Waals surface area contributed by atoms with Crippen LogP contribution in [0.1, 0.15) is 20.3 Å². The number of carbonyl (C=O) groups excluding carboxylic acids is 1. The van der Waals surface area contributed by atoms with Crippen LogP contribution in [0.3, 0.4) is 0 Å². The number of thioether (sulfide) groups is 1. The van der Waals surface area contributed by atoms with Crippen molar-refractivity contribution in [2.45, 2.75) is 32.4 Å². The highest BCUT2D eigenvalue weighted by Gasteiger charge is 2.37. The summed E-state index contributed by atoms with van der Waals surface area (Å²) in [5.74, 6) is -0.158. The minimum atomic E-state index is -0.975. The molecule has 1 aliphatic heterocycles. The second-order valence-corrected chi connectivity index (χ2v) is 5.30. The second-order valence-electron chi connectivity index (χ2n) is 4.30. The Morgan fingerprint density at radius 2 is 2.28 bits per heavy atom. The maximum Gasteiger partial charge on any atom is 0.327 e. The minimum Gasteiger partial charge on any atom is -0.480 e. The average molecular weight is 271 g/mol. The van der Waals surface area contributed by atoms with E-state index in [0.29, 0.717) is 18.2 Å². The van der Waals surface area contributed by atoms with Crippen molar-refractivity contribution in [3.63, 3.8) is 0 Å². The Kier molecular flexibility index (Phi) is 5.28. The summed E-state index contributed by atoms with van der Waals surface area (Å²) in [6, 6.07) is 0.896. The van der Waals surface area contributed by atoms with Crippen LogP contribution in [0.4, 0.5) is 4.79 Å². The SMILES string of the molecule is CC(C)N(CCC#N)C(=O)N1CSCC1C(=O)O. The highest BCUT2D eigenvalue weighted by molar-refractivity contribution is 7.99. The van der Waals surface area contributed by atoms with E-state index in [1.807, 2.05) is 19.9 Å². The summed E-state index contributed by atoms with van der Waals surface area (Å²) in [4.78, 5) is 26.2. The van der Waals surface area contributed by atoms with Gasteiger partial charge in [0.15, 0.2) is 0 Å². The van der Waals surface area contributed by atoms with Gasteiger partial charge < -0.3 is 14.9 Å². The summed E-state index contributed by atoms with van der Waals surface area (Å²) in [6.45, 7) is 4.04. The third kappa shape index (κ3) is 3.29. The van der Waals surface area contributed by atoms with E-state index >= 15 is 0 Å². The summed E-state index contributed by atoms with van der Waals surface area (Å²) in [6.07, 6.45) is 0.253. The molecule has 1 unspecified atom stereocenters. The first kappa shape index (κ1) is 14.6. The molecule has 1 fully saturated rings. The highest BCUT2D eigenvalue weighted by atomic mass is 32.2. The number of urea groups is 1. The van der Waals surface area contributed by atoms with Crippen molar-refractivity contribution in [3.8, 4) is 6.07 Å². The van der Waals surface area contributed by atoms with Gasteiger partial charge in [0.1, 0.15) is 6.04 Å². The van der Waals surface area contributed by atoms with Crippen molar-refractivity contribution < 1.29 is 14.7 Å². The van der Waals surface area contributed by atoms with E-state index in [1.54, 1.807) is 4.90 Å². The molecule has 1 saturated heterocycles. The number of nitriles is 1.